The van der Waals surface area contributed by atoms with Gasteiger partial charge in [-0.05, 0) is 42.5 Å². The first-order valence-electron chi connectivity index (χ1n) is 7.88. The molecule has 144 valence electrons. The summed E-state index contributed by atoms with van der Waals surface area (Å²) in [6.45, 7) is -0.469. The number of halogens is 1. The molecule has 0 saturated heterocycles. The van der Waals surface area contributed by atoms with Gasteiger partial charge in [-0.2, -0.15) is 0 Å². The lowest BCUT2D eigenvalue weighted by Gasteiger charge is -2.08. The van der Waals surface area contributed by atoms with Crippen molar-refractivity contribution >= 4 is 39.2 Å². The van der Waals surface area contributed by atoms with Crippen LogP contribution in [-0.2, 0) is 24.2 Å². The normalized spacial score (nSPS) is 11.0. The van der Waals surface area contributed by atoms with Crippen LogP contribution in [0, 0.1) is 5.82 Å². The summed E-state index contributed by atoms with van der Waals surface area (Å²) in [6.07, 6.45) is 1.17. The average Bonchev–Trinajstić information content (AvgIpc) is 2.61. The van der Waals surface area contributed by atoms with Crippen molar-refractivity contribution in [1.82, 2.24) is 0 Å². The first kappa shape index (κ1) is 20.9. The Kier molecular flexibility index (Phi) is 7.37. The number of nitrogens with one attached hydrogen (secondary N) is 1. The van der Waals surface area contributed by atoms with Gasteiger partial charge >= 0.3 is 5.97 Å². The van der Waals surface area contributed by atoms with Crippen LogP contribution in [0.15, 0.2) is 58.3 Å². The van der Waals surface area contributed by atoms with E-state index in [1.807, 2.05) is 0 Å². The fourth-order valence-corrected chi connectivity index (χ4v) is 3.50. The summed E-state index contributed by atoms with van der Waals surface area (Å²) in [4.78, 5) is 24.4. The number of amides is 1. The van der Waals surface area contributed by atoms with Crippen LogP contribution in [0.25, 0.3) is 0 Å². The van der Waals surface area contributed by atoms with Gasteiger partial charge in [-0.3, -0.25) is 9.59 Å². The predicted molar refractivity (Wildman–Crippen MR) is 101 cm³/mol. The fourth-order valence-electron chi connectivity index (χ4n) is 2.00. The minimum Gasteiger partial charge on any atom is -0.456 e. The summed E-state index contributed by atoms with van der Waals surface area (Å²) < 4.78 is 40.7. The van der Waals surface area contributed by atoms with E-state index in [1.165, 1.54) is 48.2 Å². The zero-order chi connectivity index (χ0) is 19.9. The molecule has 0 spiro atoms. The Bertz CT molecular complexity index is 914. The molecule has 27 heavy (non-hydrogen) atoms. The maximum Gasteiger partial charge on any atom is 0.307 e. The number of anilines is 1. The number of esters is 1. The molecule has 0 aromatic heterocycles. The van der Waals surface area contributed by atoms with E-state index >= 15 is 0 Å². The van der Waals surface area contributed by atoms with Crippen LogP contribution >= 0.6 is 11.8 Å². The average molecular weight is 411 g/mol. The third-order valence-corrected chi connectivity index (χ3v) is 5.42. The van der Waals surface area contributed by atoms with Crippen molar-refractivity contribution in [2.45, 2.75) is 16.2 Å². The first-order chi connectivity index (χ1) is 12.7. The highest BCUT2D eigenvalue weighted by Gasteiger charge is 2.11. The van der Waals surface area contributed by atoms with Crippen molar-refractivity contribution < 1.29 is 27.1 Å². The van der Waals surface area contributed by atoms with Gasteiger partial charge in [0.25, 0.3) is 5.91 Å². The smallest absolute Gasteiger partial charge is 0.307 e. The van der Waals surface area contributed by atoms with Crippen LogP contribution in [0.3, 0.4) is 0 Å². The summed E-state index contributed by atoms with van der Waals surface area (Å²) in [6, 6.07) is 11.7. The zero-order valence-corrected chi connectivity index (χ0v) is 16.1. The predicted octanol–water partition coefficient (Wildman–Crippen LogP) is 2.89. The summed E-state index contributed by atoms with van der Waals surface area (Å²) in [5.41, 5.74) is 0.297. The Morgan fingerprint density at radius 1 is 1.15 bits per heavy atom. The molecule has 2 aromatic rings. The Balaban J connectivity index is 1.73. The number of carbonyl (C=O) groups excluding carboxylic acids is 2. The SMILES string of the molecule is CS(=O)(=O)c1cccc(NC(=O)COC(=O)CCSc2ccc(F)cc2)c1. The van der Waals surface area contributed by atoms with Crippen molar-refractivity contribution in [3.05, 3.63) is 54.3 Å². The van der Waals surface area contributed by atoms with Crippen molar-refractivity contribution in [3.8, 4) is 0 Å². The molecule has 9 heteroatoms. The molecule has 0 aliphatic rings. The van der Waals surface area contributed by atoms with Gasteiger partial charge in [0, 0.05) is 22.6 Å². The van der Waals surface area contributed by atoms with E-state index in [0.717, 1.165) is 11.2 Å². The molecule has 6 nitrogen and oxygen atoms in total. The highest BCUT2D eigenvalue weighted by atomic mass is 32.2. The standard InChI is InChI=1S/C18H18FNO5S2/c1-27(23,24)16-4-2-3-14(11-16)20-17(21)12-25-18(22)9-10-26-15-7-5-13(19)6-8-15/h2-8,11H,9-10,12H2,1H3,(H,20,21). The number of sulfone groups is 1. The highest BCUT2D eigenvalue weighted by molar-refractivity contribution is 7.99. The van der Waals surface area contributed by atoms with E-state index in [9.17, 15) is 22.4 Å². The van der Waals surface area contributed by atoms with Crippen LogP contribution in [0.5, 0.6) is 0 Å². The number of rotatable bonds is 8. The van der Waals surface area contributed by atoms with Gasteiger partial charge < -0.3 is 10.1 Å². The van der Waals surface area contributed by atoms with Crippen molar-refractivity contribution in [2.24, 2.45) is 0 Å². The van der Waals surface area contributed by atoms with Crippen molar-refractivity contribution in [3.63, 3.8) is 0 Å². The highest BCUT2D eigenvalue weighted by Crippen LogP contribution is 2.19. The lowest BCUT2D eigenvalue weighted by Crippen LogP contribution is -2.21. The Hall–Kier alpha value is -2.39. The van der Waals surface area contributed by atoms with E-state index in [4.69, 9.17) is 4.74 Å². The van der Waals surface area contributed by atoms with Crippen LogP contribution < -0.4 is 5.32 Å². The third kappa shape index (κ3) is 7.40. The molecule has 0 saturated carbocycles. The Morgan fingerprint density at radius 2 is 1.85 bits per heavy atom. The third-order valence-electron chi connectivity index (χ3n) is 3.30. The molecule has 1 N–H and O–H groups in total. The maximum absolute atomic E-state index is 12.8. The van der Waals surface area contributed by atoms with Gasteiger partial charge in [0.1, 0.15) is 5.82 Å². The number of hydrogen-bond donors (Lipinski definition) is 1. The molecule has 0 bridgehead atoms. The monoisotopic (exact) mass is 411 g/mol. The minimum atomic E-state index is -3.38. The molecule has 0 aliphatic heterocycles. The van der Waals surface area contributed by atoms with Gasteiger partial charge in [-0.25, -0.2) is 12.8 Å². The first-order valence-corrected chi connectivity index (χ1v) is 10.8. The minimum absolute atomic E-state index is 0.0788. The molecule has 1 amide bonds. The largest absolute Gasteiger partial charge is 0.456 e. The number of carbonyl (C=O) groups is 2. The van der Waals surface area contributed by atoms with Crippen molar-refractivity contribution in [2.75, 3.05) is 23.9 Å². The van der Waals surface area contributed by atoms with Crippen LogP contribution in [0.4, 0.5) is 10.1 Å². The van der Waals surface area contributed by atoms with Gasteiger partial charge in [0.15, 0.2) is 16.4 Å². The van der Waals surface area contributed by atoms with Gasteiger partial charge in [0.05, 0.1) is 11.3 Å². The Morgan fingerprint density at radius 3 is 2.52 bits per heavy atom. The van der Waals surface area contributed by atoms with Crippen LogP contribution in [0.1, 0.15) is 6.42 Å². The van der Waals surface area contributed by atoms with E-state index in [-0.39, 0.29) is 17.1 Å². The van der Waals surface area contributed by atoms with Crippen LogP contribution in [0.2, 0.25) is 0 Å². The molecular weight excluding hydrogens is 393 g/mol. The van der Waals surface area contributed by atoms with Gasteiger partial charge in [-0.15, -0.1) is 11.8 Å². The van der Waals surface area contributed by atoms with E-state index in [0.29, 0.717) is 11.4 Å². The van der Waals surface area contributed by atoms with E-state index < -0.39 is 28.3 Å². The Labute approximate surface area is 161 Å². The van der Waals surface area contributed by atoms with Crippen molar-refractivity contribution in [1.29, 1.82) is 0 Å². The second-order valence-corrected chi connectivity index (χ2v) is 8.75. The van der Waals surface area contributed by atoms with E-state index in [2.05, 4.69) is 5.32 Å². The lowest BCUT2D eigenvalue weighted by atomic mass is 10.3. The zero-order valence-electron chi connectivity index (χ0n) is 14.5. The lowest BCUT2D eigenvalue weighted by molar-refractivity contribution is -0.146. The second kappa shape index (κ2) is 9.52. The number of thioether (sulfide) groups is 1. The number of ether oxygens (including phenoxy) is 1. The molecule has 0 heterocycles. The summed E-state index contributed by atoms with van der Waals surface area (Å²) >= 11 is 1.37. The number of benzene rings is 2. The van der Waals surface area contributed by atoms with Gasteiger partial charge in [0.2, 0.25) is 0 Å². The molecule has 0 unspecified atom stereocenters. The summed E-state index contributed by atoms with van der Waals surface area (Å²) in [7, 11) is -3.38. The number of hydrogen-bond acceptors (Lipinski definition) is 6. The fraction of sp³-hybridized carbons (Fsp3) is 0.222. The van der Waals surface area contributed by atoms with E-state index in [1.54, 1.807) is 12.1 Å². The second-order valence-electron chi connectivity index (χ2n) is 5.56. The molecule has 2 rings (SSSR count). The molecular formula is C18H18FNO5S2. The maximum atomic E-state index is 12.8. The molecule has 0 aliphatic carbocycles. The quantitative estimate of drug-likeness (QED) is 0.531. The van der Waals surface area contributed by atoms with Gasteiger partial charge in [-0.1, -0.05) is 6.07 Å². The topological polar surface area (TPSA) is 89.5 Å². The van der Waals surface area contributed by atoms with Crippen LogP contribution in [-0.4, -0.2) is 38.9 Å². The molecule has 0 radical (unpaired) electrons. The summed E-state index contributed by atoms with van der Waals surface area (Å²) in [5.74, 6) is -1.00. The molecule has 0 fully saturated rings. The molecule has 2 aromatic carbocycles. The molecule has 0 atom stereocenters. The summed E-state index contributed by atoms with van der Waals surface area (Å²) in [5, 5.41) is 2.48.